The van der Waals surface area contributed by atoms with Crippen molar-refractivity contribution in [1.82, 2.24) is 14.9 Å². The lowest BCUT2D eigenvalue weighted by Crippen LogP contribution is -2.26. The summed E-state index contributed by atoms with van der Waals surface area (Å²) in [5, 5.41) is 0. The third kappa shape index (κ3) is 3.71. The van der Waals surface area contributed by atoms with Gasteiger partial charge >= 0.3 is 6.01 Å². The Kier molecular flexibility index (Phi) is 4.85. The van der Waals surface area contributed by atoms with E-state index in [4.69, 9.17) is 10.5 Å². The second-order valence-corrected chi connectivity index (χ2v) is 6.34. The standard InChI is InChI=1S/C18H23N5O2/c1-4-25-18-20-16(19)14-9-15(24)23(17(14)21-18)11-13-7-5-12(6-8-13)10-22(2)3/h5-8H,4,9-11H2,1-3H3,(H2,19,20,21). The predicted octanol–water partition coefficient (Wildman–Crippen LogP) is 1.61. The van der Waals surface area contributed by atoms with Gasteiger partial charge in [0, 0.05) is 12.1 Å². The van der Waals surface area contributed by atoms with E-state index in [0.717, 1.165) is 12.1 Å². The normalized spacial score (nSPS) is 13.4. The molecule has 0 unspecified atom stereocenters. The average molecular weight is 341 g/mol. The molecule has 0 aliphatic carbocycles. The lowest BCUT2D eigenvalue weighted by Gasteiger charge is -2.18. The van der Waals surface area contributed by atoms with Crippen molar-refractivity contribution in [3.8, 4) is 6.01 Å². The first-order chi connectivity index (χ1) is 12.0. The molecule has 25 heavy (non-hydrogen) atoms. The number of hydrogen-bond acceptors (Lipinski definition) is 6. The van der Waals surface area contributed by atoms with Crippen molar-refractivity contribution in [3.63, 3.8) is 0 Å². The van der Waals surface area contributed by atoms with Crippen LogP contribution in [0.3, 0.4) is 0 Å². The Morgan fingerprint density at radius 2 is 1.88 bits per heavy atom. The van der Waals surface area contributed by atoms with Crippen LogP contribution in [0.2, 0.25) is 0 Å². The first kappa shape index (κ1) is 17.2. The van der Waals surface area contributed by atoms with E-state index >= 15 is 0 Å². The molecule has 0 saturated heterocycles. The van der Waals surface area contributed by atoms with Crippen LogP contribution in [0.1, 0.15) is 23.6 Å². The van der Waals surface area contributed by atoms with Gasteiger partial charge in [-0.15, -0.1) is 0 Å². The molecule has 3 rings (SSSR count). The highest BCUT2D eigenvalue weighted by Crippen LogP contribution is 2.33. The average Bonchev–Trinajstić information content (AvgIpc) is 2.86. The van der Waals surface area contributed by atoms with Gasteiger partial charge in [0.05, 0.1) is 19.6 Å². The number of carbonyl (C=O) groups is 1. The van der Waals surface area contributed by atoms with Crippen LogP contribution < -0.4 is 15.4 Å². The summed E-state index contributed by atoms with van der Waals surface area (Å²) in [5.41, 5.74) is 8.92. The van der Waals surface area contributed by atoms with Gasteiger partial charge in [-0.05, 0) is 32.1 Å². The van der Waals surface area contributed by atoms with Crippen molar-refractivity contribution >= 4 is 17.5 Å². The highest BCUT2D eigenvalue weighted by Gasteiger charge is 2.32. The fraction of sp³-hybridized carbons (Fsp3) is 0.389. The molecule has 1 aromatic heterocycles. The van der Waals surface area contributed by atoms with Crippen LogP contribution in [0.4, 0.5) is 11.6 Å². The van der Waals surface area contributed by atoms with Gasteiger partial charge in [0.1, 0.15) is 11.6 Å². The molecule has 2 N–H and O–H groups in total. The molecule has 2 heterocycles. The zero-order valence-corrected chi connectivity index (χ0v) is 14.8. The SMILES string of the molecule is CCOc1nc(N)c2c(n1)N(Cc1ccc(CN(C)C)cc1)C(=O)C2. The van der Waals surface area contributed by atoms with Crippen molar-refractivity contribution < 1.29 is 9.53 Å². The molecule has 1 aliphatic heterocycles. The Morgan fingerprint density at radius 3 is 2.52 bits per heavy atom. The Morgan fingerprint density at radius 1 is 1.20 bits per heavy atom. The predicted molar refractivity (Wildman–Crippen MR) is 96.3 cm³/mol. The number of aromatic nitrogens is 2. The number of hydrogen-bond donors (Lipinski definition) is 1. The number of fused-ring (bicyclic) bond motifs is 1. The van der Waals surface area contributed by atoms with Crippen LogP contribution >= 0.6 is 0 Å². The van der Waals surface area contributed by atoms with Crippen molar-refractivity contribution in [2.45, 2.75) is 26.4 Å². The number of amides is 1. The lowest BCUT2D eigenvalue weighted by molar-refractivity contribution is -0.117. The summed E-state index contributed by atoms with van der Waals surface area (Å²) in [7, 11) is 4.07. The van der Waals surface area contributed by atoms with E-state index < -0.39 is 0 Å². The highest BCUT2D eigenvalue weighted by atomic mass is 16.5. The van der Waals surface area contributed by atoms with Crippen LogP contribution in [0, 0.1) is 0 Å². The zero-order valence-electron chi connectivity index (χ0n) is 14.8. The van der Waals surface area contributed by atoms with Gasteiger partial charge in [-0.3, -0.25) is 9.69 Å². The van der Waals surface area contributed by atoms with Crippen LogP contribution in [0.25, 0.3) is 0 Å². The first-order valence-corrected chi connectivity index (χ1v) is 8.30. The number of nitrogen functional groups attached to an aromatic ring is 1. The van der Waals surface area contributed by atoms with Gasteiger partial charge < -0.3 is 15.4 Å². The molecule has 7 nitrogen and oxygen atoms in total. The Balaban J connectivity index is 1.83. The van der Waals surface area contributed by atoms with Gasteiger partial charge in [-0.25, -0.2) is 0 Å². The van der Waals surface area contributed by atoms with E-state index in [1.165, 1.54) is 5.56 Å². The van der Waals surface area contributed by atoms with E-state index in [2.05, 4.69) is 27.0 Å². The fourth-order valence-electron chi connectivity index (χ4n) is 2.88. The summed E-state index contributed by atoms with van der Waals surface area (Å²) in [5.74, 6) is 0.839. The Labute approximate surface area is 147 Å². The van der Waals surface area contributed by atoms with E-state index in [1.54, 1.807) is 4.90 Å². The Hall–Kier alpha value is -2.67. The molecular weight excluding hydrogens is 318 g/mol. The van der Waals surface area contributed by atoms with Gasteiger partial charge in [0.15, 0.2) is 0 Å². The molecule has 0 radical (unpaired) electrons. The summed E-state index contributed by atoms with van der Waals surface area (Å²) < 4.78 is 5.35. The fourth-order valence-corrected chi connectivity index (χ4v) is 2.88. The number of anilines is 2. The van der Waals surface area contributed by atoms with E-state index in [0.29, 0.717) is 30.4 Å². The second kappa shape index (κ2) is 7.06. The summed E-state index contributed by atoms with van der Waals surface area (Å²) in [6.07, 6.45) is 0.228. The Bertz CT molecular complexity index is 774. The van der Waals surface area contributed by atoms with E-state index in [9.17, 15) is 4.79 Å². The molecule has 0 atom stereocenters. The van der Waals surface area contributed by atoms with E-state index in [1.807, 2.05) is 33.2 Å². The summed E-state index contributed by atoms with van der Waals surface area (Å²) in [6, 6.07) is 8.45. The lowest BCUT2D eigenvalue weighted by atomic mass is 10.1. The minimum Gasteiger partial charge on any atom is -0.464 e. The van der Waals surface area contributed by atoms with Crippen molar-refractivity contribution in [2.24, 2.45) is 0 Å². The van der Waals surface area contributed by atoms with Crippen molar-refractivity contribution in [2.75, 3.05) is 31.3 Å². The highest BCUT2D eigenvalue weighted by molar-refractivity contribution is 6.01. The minimum absolute atomic E-state index is 0.0259. The molecule has 0 bridgehead atoms. The smallest absolute Gasteiger partial charge is 0.320 e. The molecule has 0 fully saturated rings. The van der Waals surface area contributed by atoms with Crippen LogP contribution in [0.15, 0.2) is 24.3 Å². The summed E-state index contributed by atoms with van der Waals surface area (Å²) in [4.78, 5) is 24.7. The van der Waals surface area contributed by atoms with Gasteiger partial charge in [0.25, 0.3) is 0 Å². The number of nitrogens with zero attached hydrogens (tertiary/aromatic N) is 4. The number of carbonyl (C=O) groups excluding carboxylic acids is 1. The monoisotopic (exact) mass is 341 g/mol. The third-order valence-electron chi connectivity index (χ3n) is 4.02. The molecule has 7 heteroatoms. The quantitative estimate of drug-likeness (QED) is 0.859. The van der Waals surface area contributed by atoms with E-state index in [-0.39, 0.29) is 18.3 Å². The number of benzene rings is 1. The van der Waals surface area contributed by atoms with Crippen LogP contribution in [0.5, 0.6) is 6.01 Å². The number of rotatable bonds is 6. The molecular formula is C18H23N5O2. The minimum atomic E-state index is -0.0259. The molecule has 1 aromatic carbocycles. The maximum atomic E-state index is 12.4. The van der Waals surface area contributed by atoms with Crippen LogP contribution in [-0.4, -0.2) is 41.5 Å². The van der Waals surface area contributed by atoms with Gasteiger partial charge in [0.2, 0.25) is 5.91 Å². The zero-order chi connectivity index (χ0) is 18.0. The van der Waals surface area contributed by atoms with Crippen molar-refractivity contribution in [1.29, 1.82) is 0 Å². The molecule has 0 saturated carbocycles. The number of ether oxygens (including phenoxy) is 1. The maximum absolute atomic E-state index is 12.4. The summed E-state index contributed by atoms with van der Waals surface area (Å²) >= 11 is 0. The largest absolute Gasteiger partial charge is 0.464 e. The first-order valence-electron chi connectivity index (χ1n) is 8.30. The summed E-state index contributed by atoms with van der Waals surface area (Å²) in [6.45, 7) is 3.63. The molecule has 1 aliphatic rings. The molecule has 1 amide bonds. The van der Waals surface area contributed by atoms with Gasteiger partial charge in [-0.2, -0.15) is 9.97 Å². The molecule has 132 valence electrons. The third-order valence-corrected chi connectivity index (χ3v) is 4.02. The van der Waals surface area contributed by atoms with Crippen molar-refractivity contribution in [3.05, 3.63) is 41.0 Å². The second-order valence-electron chi connectivity index (χ2n) is 6.34. The van der Waals surface area contributed by atoms with Crippen LogP contribution in [-0.2, 0) is 24.3 Å². The molecule has 2 aromatic rings. The topological polar surface area (TPSA) is 84.6 Å². The maximum Gasteiger partial charge on any atom is 0.320 e. The molecule has 0 spiro atoms. The number of nitrogens with two attached hydrogens (primary N) is 1. The van der Waals surface area contributed by atoms with Gasteiger partial charge in [-0.1, -0.05) is 24.3 Å².